The number of nitrogens with two attached hydrogens (primary N) is 2. The number of Topliss-reactive ketones (excluding diaryl/α,β-unsaturated/α-hetero) is 1. The fourth-order valence-electron chi connectivity index (χ4n) is 15.9. The van der Waals surface area contributed by atoms with Crippen LogP contribution in [0.1, 0.15) is 145 Å². The van der Waals surface area contributed by atoms with Gasteiger partial charge in [-0.1, -0.05) is 76.2 Å². The number of anilines is 2. The lowest BCUT2D eigenvalue weighted by atomic mass is 9.78. The van der Waals surface area contributed by atoms with Gasteiger partial charge in [-0.2, -0.15) is 10.1 Å². The molecule has 3 fully saturated rings. The predicted molar refractivity (Wildman–Crippen MR) is 458 cm³/mol. The van der Waals surface area contributed by atoms with Crippen molar-refractivity contribution in [3.63, 3.8) is 0 Å². The highest BCUT2D eigenvalue weighted by molar-refractivity contribution is 6.39. The van der Waals surface area contributed by atoms with Gasteiger partial charge in [0.25, 0.3) is 23.6 Å². The van der Waals surface area contributed by atoms with Gasteiger partial charge in [-0.25, -0.2) is 19.4 Å². The first-order valence-electron chi connectivity index (χ1n) is 43.6. The number of carbonyl (C=O) groups is 5. The summed E-state index contributed by atoms with van der Waals surface area (Å²) in [7, 11) is 4.60. The molecule has 35 heteroatoms. The number of nitrogens with zero attached hydrogens (tertiary/aromatic N) is 7. The van der Waals surface area contributed by atoms with Gasteiger partial charge in [0.15, 0.2) is 17.8 Å². The molecular weight excluding hydrogens is 1600 g/mol. The molecule has 688 valence electrons. The third kappa shape index (κ3) is 32.2. The number of methoxy groups -OCH3 is 3. The topological polar surface area (TPSA) is 457 Å². The van der Waals surface area contributed by atoms with Crippen LogP contribution >= 0.6 is 0 Å². The third-order valence-electron chi connectivity index (χ3n) is 23.1. The van der Waals surface area contributed by atoms with Crippen LogP contribution in [-0.4, -0.2) is 299 Å². The number of cyclic esters (lactones) is 1. The summed E-state index contributed by atoms with van der Waals surface area (Å²) < 4.78 is 82.3. The molecule has 35 nitrogen and oxygen atoms in total. The summed E-state index contributed by atoms with van der Waals surface area (Å²) in [5.74, 6) is -7.60. The van der Waals surface area contributed by atoms with Gasteiger partial charge in [0.05, 0.1) is 147 Å². The molecule has 3 aromatic heterocycles. The van der Waals surface area contributed by atoms with Gasteiger partial charge in [0.2, 0.25) is 11.7 Å². The predicted octanol–water partition coefficient (Wildman–Crippen LogP) is 7.12. The number of ether oxygens (including phenoxy) is 13. The number of aliphatic hydroxyl groups is 4. The van der Waals surface area contributed by atoms with E-state index in [0.29, 0.717) is 202 Å². The molecule has 1 saturated carbocycles. The fraction of sp³-hybridized carbons (Fsp3) is 0.705. The number of unbranched alkanes of at least 4 members (excludes halogenated alkanes) is 1. The number of carbonyl (C=O) groups excluding carboxylic acids is 5. The second-order valence-corrected chi connectivity index (χ2v) is 32.5. The molecule has 1 aromatic carbocycles. The van der Waals surface area contributed by atoms with Crippen molar-refractivity contribution in [1.82, 2.24) is 40.3 Å². The van der Waals surface area contributed by atoms with Gasteiger partial charge >= 0.3 is 5.97 Å². The summed E-state index contributed by atoms with van der Waals surface area (Å²) in [6.45, 7) is 19.6. The summed E-state index contributed by atoms with van der Waals surface area (Å²) in [5.41, 5.74) is 16.8. The number of oxazole rings is 1. The first-order valence-corrected chi connectivity index (χ1v) is 43.6. The van der Waals surface area contributed by atoms with Crippen molar-refractivity contribution in [2.75, 3.05) is 165 Å². The van der Waals surface area contributed by atoms with Crippen LogP contribution in [0.2, 0.25) is 0 Å². The van der Waals surface area contributed by atoms with Gasteiger partial charge < -0.3 is 118 Å². The fourth-order valence-corrected chi connectivity index (χ4v) is 15.9. The first-order chi connectivity index (χ1) is 59.3. The van der Waals surface area contributed by atoms with Crippen molar-refractivity contribution in [1.29, 1.82) is 0 Å². The molecule has 2 bridgehead atoms. The summed E-state index contributed by atoms with van der Waals surface area (Å²) in [4.78, 5) is 89.0. The van der Waals surface area contributed by atoms with E-state index in [0.717, 1.165) is 24.0 Å². The monoisotopic (exact) mass is 1730 g/mol. The van der Waals surface area contributed by atoms with Crippen LogP contribution in [0.5, 0.6) is 0 Å². The highest BCUT2D eigenvalue weighted by Crippen LogP contribution is 2.39. The lowest BCUT2D eigenvalue weighted by Gasteiger charge is -2.43. The van der Waals surface area contributed by atoms with Crippen molar-refractivity contribution < 1.29 is 115 Å². The molecule has 0 radical (unpaired) electrons. The Morgan fingerprint density at radius 3 is 2.02 bits per heavy atom. The number of rotatable bonds is 42. The molecule has 0 unspecified atom stereocenters. The van der Waals surface area contributed by atoms with Crippen LogP contribution in [0, 0.1) is 35.5 Å². The summed E-state index contributed by atoms with van der Waals surface area (Å²) in [6.07, 6.45) is 13.4. The number of hydrogen-bond acceptors (Lipinski definition) is 31. The van der Waals surface area contributed by atoms with E-state index < -0.39 is 96.6 Å². The molecule has 16 atom stereocenters. The molecule has 8 rings (SSSR count). The molecule has 10 N–H and O–H groups in total. The Morgan fingerprint density at radius 2 is 1.37 bits per heavy atom. The number of ketones is 1. The lowest BCUT2D eigenvalue weighted by molar-refractivity contribution is -0.265. The molecule has 0 spiro atoms. The number of aryl methyl sites for hydroxylation is 1. The van der Waals surface area contributed by atoms with Crippen molar-refractivity contribution in [3.05, 3.63) is 72.1 Å². The molecule has 4 aliphatic rings. The van der Waals surface area contributed by atoms with Crippen LogP contribution < -0.4 is 22.1 Å². The van der Waals surface area contributed by atoms with Gasteiger partial charge in [0, 0.05) is 90.1 Å². The number of aromatic nitrogens is 5. The average Bonchev–Trinajstić information content (AvgIpc) is 0.905. The van der Waals surface area contributed by atoms with E-state index in [2.05, 4.69) is 30.7 Å². The number of allylic oxidation sites excluding steroid dienone is 5. The Hall–Kier alpha value is -7.82. The Labute approximate surface area is 722 Å². The number of oxime groups is 1. The standard InChI is InChI=1S/C88H137N11O24/c1-57-18-12-11-13-19-58(2)72(109-8)53-66-24-21-63(7)88(108,123-66)82(105)85(106)98-30-16-14-20-68(98)86(107)121-73(60(4)50-64-22-25-69(100)74(51-64)110-9)54-70(101)59(3)49-62(6)80(104)81(111-10)78(61(5)48-57)97-120-55-76(103)92-29-33-113-35-37-115-39-41-117-43-45-119-47-46-118-44-42-116-40-38-114-36-34-112-32-27-75(102)91-28-15-17-31-99-84-77(83(89)93-56-94-84)79(96-99)65-23-26-71-67(52-65)95-87(90)122-71/h11-13,18-19,23,26,49,52,56-57,59-61,63-64,66,68-70,72-74,80-81,100-101,104,108H,14-17,20-22,24-25,27-48,50-51,53-55H2,1-10H3,(H2,90,95)(H,91,102)(H,92,103)(H2,89,93,94)/b13-11?,18-12+,58-19?,62-49+,97-78+/t57-,59-,60-,61-,63-,64+,66+,68+,69-,70-,72+,73+,74-,80-,81+,88-/m1/s1. The molecule has 3 amide bonds. The molecule has 1 aliphatic carbocycles. The van der Waals surface area contributed by atoms with E-state index in [4.69, 9.17) is 87.4 Å². The molecule has 2 saturated heterocycles. The second kappa shape index (κ2) is 53.6. The van der Waals surface area contributed by atoms with Gasteiger partial charge in [-0.3, -0.25) is 19.2 Å². The van der Waals surface area contributed by atoms with Crippen molar-refractivity contribution in [3.8, 4) is 11.3 Å². The van der Waals surface area contributed by atoms with Crippen LogP contribution in [0.3, 0.4) is 0 Å². The van der Waals surface area contributed by atoms with Crippen LogP contribution in [0.4, 0.5) is 11.8 Å². The number of benzene rings is 1. The maximum absolute atomic E-state index is 14.7. The molecular formula is C88H137N11O24. The number of nitrogen functional groups attached to an aromatic ring is 2. The zero-order chi connectivity index (χ0) is 88.6. The van der Waals surface area contributed by atoms with Crippen LogP contribution in [-0.2, 0) is 96.9 Å². The Morgan fingerprint density at radius 1 is 0.707 bits per heavy atom. The molecule has 6 heterocycles. The Bertz CT molecular complexity index is 4030. The summed E-state index contributed by atoms with van der Waals surface area (Å²) in [5, 5.41) is 62.9. The van der Waals surface area contributed by atoms with Gasteiger partial charge in [-0.15, -0.1) is 0 Å². The highest BCUT2D eigenvalue weighted by Gasteiger charge is 2.53. The quantitative estimate of drug-likeness (QED) is 0.00719. The Balaban J connectivity index is 0.688. The second-order valence-electron chi connectivity index (χ2n) is 32.5. The zero-order valence-corrected chi connectivity index (χ0v) is 73.6. The number of nitrogens with one attached hydrogen (secondary N) is 2. The van der Waals surface area contributed by atoms with Crippen molar-refractivity contribution >= 4 is 69.2 Å². The van der Waals surface area contributed by atoms with E-state index in [1.807, 2.05) is 70.2 Å². The highest BCUT2D eigenvalue weighted by atomic mass is 16.6. The van der Waals surface area contributed by atoms with Crippen LogP contribution in [0.15, 0.2) is 81.7 Å². The van der Waals surface area contributed by atoms with Gasteiger partial charge in [-0.05, 0) is 138 Å². The number of aliphatic hydroxyl groups excluding tert-OH is 3. The Kier molecular flexibility index (Phi) is 43.8. The summed E-state index contributed by atoms with van der Waals surface area (Å²) >= 11 is 0. The normalized spacial score (nSPS) is 27.2. The minimum atomic E-state index is -2.46. The van der Waals surface area contributed by atoms with E-state index in [-0.39, 0.29) is 100 Å². The van der Waals surface area contributed by atoms with E-state index >= 15 is 0 Å². The SMILES string of the molecule is CO[C@H]1C[C@@H]2CC[C@@H](C)[C@@](O)(O2)C(=O)C(=O)N2CCCC[C@H]2C(=O)O[C@H]([C@H](C)C[C@@H]2CC[C@@H](O)[C@H](OC)C2)C[C@@H](O)[C@H](C)/C=C(\C)[C@@H](O)[C@@H](OC)/C(=N/OCC(=O)NCCOCCOCCOCCOCCOCCOCCOCCOCCC(=O)NCCCCn2nc(-c3ccc4oc(N)nc4c3)c3c(N)ncnc32)[C@H](C)C[C@H](C)/C=C/C=CC=C1C. The van der Waals surface area contributed by atoms with Crippen molar-refractivity contribution in [2.45, 2.75) is 212 Å². The third-order valence-corrected chi connectivity index (χ3v) is 23.1. The largest absolute Gasteiger partial charge is 0.460 e. The molecule has 3 aliphatic heterocycles. The lowest BCUT2D eigenvalue weighted by Crippen LogP contribution is -2.61. The zero-order valence-electron chi connectivity index (χ0n) is 73.6. The summed E-state index contributed by atoms with van der Waals surface area (Å²) in [6, 6.07) is 4.40. The number of hydrogen-bond donors (Lipinski definition) is 8. The van der Waals surface area contributed by atoms with Crippen molar-refractivity contribution in [2.24, 2.45) is 40.7 Å². The average molecular weight is 1730 g/mol. The molecule has 123 heavy (non-hydrogen) atoms. The minimum absolute atomic E-state index is 0.0310. The maximum Gasteiger partial charge on any atom is 0.329 e. The maximum atomic E-state index is 14.7. The van der Waals surface area contributed by atoms with E-state index in [1.54, 1.807) is 51.8 Å². The first kappa shape index (κ1) is 101. The minimum Gasteiger partial charge on any atom is -0.460 e. The number of esters is 1. The number of fused-ring (bicyclic) bond motifs is 5. The van der Waals surface area contributed by atoms with Gasteiger partial charge in [0.1, 0.15) is 47.7 Å². The smallest absolute Gasteiger partial charge is 0.329 e. The molecule has 4 aromatic rings. The number of piperidine rings is 1. The van der Waals surface area contributed by atoms with E-state index in [9.17, 15) is 44.4 Å². The van der Waals surface area contributed by atoms with Crippen LogP contribution in [0.25, 0.3) is 33.4 Å². The van der Waals surface area contributed by atoms with E-state index in [1.165, 1.54) is 18.3 Å². The number of amides is 3.